The normalized spacial score (nSPS) is 20.6. The van der Waals surface area contributed by atoms with E-state index >= 15 is 0 Å². The number of halogens is 3. The van der Waals surface area contributed by atoms with Crippen LogP contribution in [0.3, 0.4) is 0 Å². The van der Waals surface area contributed by atoms with Crippen molar-refractivity contribution in [1.82, 2.24) is 4.90 Å². The van der Waals surface area contributed by atoms with Crippen molar-refractivity contribution in [1.29, 1.82) is 0 Å². The Morgan fingerprint density at radius 3 is 2.73 bits per heavy atom. The maximum absolute atomic E-state index is 12.9. The Labute approximate surface area is 127 Å². The van der Waals surface area contributed by atoms with Gasteiger partial charge in [0.2, 0.25) is 0 Å². The molecule has 0 spiro atoms. The number of carbonyl (C=O) groups excluding carboxylic acids is 1. The number of likely N-dealkylation sites (tertiary alicyclic amines) is 1. The number of benzene rings is 1. The molecule has 22 heavy (non-hydrogen) atoms. The molecule has 1 heterocycles. The van der Waals surface area contributed by atoms with Crippen LogP contribution in [0.15, 0.2) is 24.3 Å². The molecule has 4 nitrogen and oxygen atoms in total. The third kappa shape index (κ3) is 3.91. The van der Waals surface area contributed by atoms with Crippen molar-refractivity contribution in [3.63, 3.8) is 0 Å². The van der Waals surface area contributed by atoms with E-state index in [1.54, 1.807) is 4.90 Å². The quantitative estimate of drug-likeness (QED) is 0.932. The lowest BCUT2D eigenvalue weighted by Gasteiger charge is -2.32. The Bertz CT molecular complexity index is 534. The minimum Gasteiger partial charge on any atom is -0.480 e. The molecule has 0 saturated carbocycles. The average molecular weight is 316 g/mol. The second kappa shape index (κ2) is 6.56. The number of carbonyl (C=O) groups is 1. The van der Waals surface area contributed by atoms with E-state index in [0.717, 1.165) is 18.9 Å². The molecule has 2 rings (SSSR count). The molecule has 0 aliphatic carbocycles. The van der Waals surface area contributed by atoms with Crippen LogP contribution in [0.1, 0.15) is 25.3 Å². The van der Waals surface area contributed by atoms with Crippen LogP contribution in [-0.4, -0.2) is 36.0 Å². The summed E-state index contributed by atoms with van der Waals surface area (Å²) in [4.78, 5) is 13.8. The van der Waals surface area contributed by atoms with Gasteiger partial charge in [-0.1, -0.05) is 12.1 Å². The lowest BCUT2D eigenvalue weighted by Crippen LogP contribution is -2.49. The molecule has 0 aromatic heterocycles. The number of hydrogen-bond donors (Lipinski definition) is 1. The molecule has 0 bridgehead atoms. The zero-order chi connectivity index (χ0) is 16.3. The summed E-state index contributed by atoms with van der Waals surface area (Å²) in [5, 5.41) is 0. The highest BCUT2D eigenvalue weighted by Gasteiger charge is 2.35. The zero-order valence-electron chi connectivity index (χ0n) is 12.3. The molecule has 1 saturated heterocycles. The highest BCUT2D eigenvalue weighted by molar-refractivity contribution is 5.81. The van der Waals surface area contributed by atoms with E-state index in [0.29, 0.717) is 13.1 Å². The van der Waals surface area contributed by atoms with Crippen molar-refractivity contribution < 1.29 is 22.7 Å². The average Bonchev–Trinajstić information content (AvgIpc) is 2.46. The van der Waals surface area contributed by atoms with Crippen molar-refractivity contribution in [2.24, 2.45) is 5.73 Å². The molecular weight excluding hydrogens is 297 g/mol. The van der Waals surface area contributed by atoms with E-state index in [2.05, 4.69) is 0 Å². The third-order valence-electron chi connectivity index (χ3n) is 3.61. The van der Waals surface area contributed by atoms with Crippen molar-refractivity contribution in [2.45, 2.75) is 38.1 Å². The van der Waals surface area contributed by atoms with E-state index in [1.807, 2.05) is 0 Å². The second-order valence-electron chi connectivity index (χ2n) is 5.44. The molecule has 1 amide bonds. The monoisotopic (exact) mass is 316 g/mol. The summed E-state index contributed by atoms with van der Waals surface area (Å²) >= 11 is 0. The van der Waals surface area contributed by atoms with Gasteiger partial charge in [-0.15, -0.1) is 0 Å². The summed E-state index contributed by atoms with van der Waals surface area (Å²) in [6, 6.07) is 4.79. The molecule has 1 fully saturated rings. The van der Waals surface area contributed by atoms with Crippen LogP contribution in [0.25, 0.3) is 0 Å². The Morgan fingerprint density at radius 1 is 1.41 bits per heavy atom. The van der Waals surface area contributed by atoms with Crippen LogP contribution in [0.2, 0.25) is 0 Å². The van der Waals surface area contributed by atoms with Gasteiger partial charge in [0, 0.05) is 19.1 Å². The fourth-order valence-electron chi connectivity index (χ4n) is 2.51. The minimum absolute atomic E-state index is 0.0904. The summed E-state index contributed by atoms with van der Waals surface area (Å²) in [5.74, 6) is -0.677. The number of para-hydroxylation sites is 1. The number of nitrogens with zero attached hydrogens (tertiary/aromatic N) is 1. The first-order chi connectivity index (χ1) is 10.3. The first kappa shape index (κ1) is 16.6. The van der Waals surface area contributed by atoms with Gasteiger partial charge in [0.05, 0.1) is 5.56 Å². The molecule has 2 atom stereocenters. The van der Waals surface area contributed by atoms with Gasteiger partial charge >= 0.3 is 6.18 Å². The van der Waals surface area contributed by atoms with Gasteiger partial charge in [-0.3, -0.25) is 4.79 Å². The zero-order valence-corrected chi connectivity index (χ0v) is 12.3. The molecule has 0 radical (unpaired) electrons. The maximum Gasteiger partial charge on any atom is 0.419 e. The highest BCUT2D eigenvalue weighted by Crippen LogP contribution is 2.36. The topological polar surface area (TPSA) is 55.6 Å². The van der Waals surface area contributed by atoms with Crippen molar-refractivity contribution in [3.8, 4) is 5.75 Å². The molecular formula is C15H19F3N2O2. The van der Waals surface area contributed by atoms with Crippen LogP contribution >= 0.6 is 0 Å². The predicted molar refractivity (Wildman–Crippen MR) is 75.3 cm³/mol. The standard InChI is InChI=1S/C15H19F3N2O2/c1-10(14(21)20-8-4-5-11(19)9-20)22-13-7-3-2-6-12(13)15(16,17)18/h2-3,6-7,10-11H,4-5,8-9,19H2,1H3/t10-,11-/m0/s1. The fourth-order valence-corrected chi connectivity index (χ4v) is 2.51. The molecule has 2 N–H and O–H groups in total. The number of alkyl halides is 3. The Morgan fingerprint density at radius 2 is 2.09 bits per heavy atom. The van der Waals surface area contributed by atoms with Crippen LogP contribution in [0.5, 0.6) is 5.75 Å². The van der Waals surface area contributed by atoms with Crippen LogP contribution in [0.4, 0.5) is 13.2 Å². The number of hydrogen-bond acceptors (Lipinski definition) is 3. The van der Waals surface area contributed by atoms with Crippen molar-refractivity contribution in [2.75, 3.05) is 13.1 Å². The SMILES string of the molecule is C[C@H](Oc1ccccc1C(F)(F)F)C(=O)N1CCC[C@H](N)C1. The molecule has 7 heteroatoms. The summed E-state index contributed by atoms with van der Waals surface area (Å²) in [5.41, 5.74) is 4.93. The first-order valence-electron chi connectivity index (χ1n) is 7.16. The van der Waals surface area contributed by atoms with Gasteiger partial charge in [-0.2, -0.15) is 13.2 Å². The van der Waals surface area contributed by atoms with E-state index in [1.165, 1.54) is 25.1 Å². The Kier molecular flexibility index (Phi) is 4.95. The smallest absolute Gasteiger partial charge is 0.419 e. The molecule has 1 aliphatic heterocycles. The molecule has 1 aromatic rings. The number of amides is 1. The van der Waals surface area contributed by atoms with Gasteiger partial charge in [0.15, 0.2) is 6.10 Å². The Hall–Kier alpha value is -1.76. The number of nitrogens with two attached hydrogens (primary N) is 1. The largest absolute Gasteiger partial charge is 0.480 e. The van der Waals surface area contributed by atoms with Crippen LogP contribution < -0.4 is 10.5 Å². The second-order valence-corrected chi connectivity index (χ2v) is 5.44. The summed E-state index contributed by atoms with van der Waals surface area (Å²) in [6.07, 6.45) is -3.88. The molecule has 1 aromatic carbocycles. The maximum atomic E-state index is 12.9. The van der Waals surface area contributed by atoms with Crippen molar-refractivity contribution in [3.05, 3.63) is 29.8 Å². The molecule has 122 valence electrons. The fraction of sp³-hybridized carbons (Fsp3) is 0.533. The van der Waals surface area contributed by atoms with Gasteiger partial charge in [0.1, 0.15) is 5.75 Å². The van der Waals surface area contributed by atoms with E-state index < -0.39 is 17.8 Å². The van der Waals surface area contributed by atoms with Gasteiger partial charge in [0.25, 0.3) is 5.91 Å². The van der Waals surface area contributed by atoms with Gasteiger partial charge in [-0.25, -0.2) is 0 Å². The Balaban J connectivity index is 2.09. The summed E-state index contributed by atoms with van der Waals surface area (Å²) < 4.78 is 44.0. The van der Waals surface area contributed by atoms with E-state index in [4.69, 9.17) is 10.5 Å². The van der Waals surface area contributed by atoms with Crippen LogP contribution in [0, 0.1) is 0 Å². The lowest BCUT2D eigenvalue weighted by atomic mass is 10.1. The number of ether oxygens (including phenoxy) is 1. The van der Waals surface area contributed by atoms with Crippen molar-refractivity contribution >= 4 is 5.91 Å². The summed E-state index contributed by atoms with van der Waals surface area (Å²) in [6.45, 7) is 2.42. The lowest BCUT2D eigenvalue weighted by molar-refractivity contribution is -0.144. The number of piperidine rings is 1. The predicted octanol–water partition coefficient (Wildman–Crippen LogP) is 2.42. The van der Waals surface area contributed by atoms with Gasteiger partial charge < -0.3 is 15.4 Å². The van der Waals surface area contributed by atoms with Gasteiger partial charge in [-0.05, 0) is 31.9 Å². The minimum atomic E-state index is -4.52. The third-order valence-corrected chi connectivity index (χ3v) is 3.61. The van der Waals surface area contributed by atoms with E-state index in [9.17, 15) is 18.0 Å². The number of rotatable bonds is 3. The molecule has 1 aliphatic rings. The van der Waals surface area contributed by atoms with Crippen LogP contribution in [-0.2, 0) is 11.0 Å². The highest BCUT2D eigenvalue weighted by atomic mass is 19.4. The summed E-state index contributed by atoms with van der Waals surface area (Å²) in [7, 11) is 0. The molecule has 0 unspecified atom stereocenters. The van der Waals surface area contributed by atoms with E-state index in [-0.39, 0.29) is 17.7 Å². The first-order valence-corrected chi connectivity index (χ1v) is 7.16.